The maximum absolute atomic E-state index is 4.92. The van der Waals surface area contributed by atoms with E-state index in [1.165, 1.54) is 30.8 Å². The Labute approximate surface area is 189 Å². The highest BCUT2D eigenvalue weighted by Gasteiger charge is 2.25. The Hall–Kier alpha value is -1.13. The van der Waals surface area contributed by atoms with Crippen LogP contribution >= 0.6 is 35.3 Å². The standard InChI is InChI=1S/C20H32N6S.HI/c1-3-22-20(23-9-13-25-12-8-21-16-25)24-15-18(19-5-4-14-27-19)26-10-6-17(2)7-11-26;/h4-5,8,12,14,16-18H,3,6-7,9-11,13,15H2,1-2H3,(H2,22,23,24);1H. The van der Waals surface area contributed by atoms with E-state index in [0.29, 0.717) is 6.04 Å². The van der Waals surface area contributed by atoms with Crippen LogP contribution in [0.5, 0.6) is 0 Å². The molecule has 1 unspecified atom stereocenters. The number of guanidine groups is 1. The van der Waals surface area contributed by atoms with Crippen molar-refractivity contribution in [2.24, 2.45) is 10.9 Å². The molecule has 0 amide bonds. The molecule has 8 heteroatoms. The van der Waals surface area contributed by atoms with Crippen LogP contribution in [0.2, 0.25) is 0 Å². The van der Waals surface area contributed by atoms with Crippen LogP contribution in [-0.4, -0.2) is 53.1 Å². The first-order valence-electron chi connectivity index (χ1n) is 10.0. The number of hydrogen-bond donors (Lipinski definition) is 2. The van der Waals surface area contributed by atoms with E-state index >= 15 is 0 Å². The van der Waals surface area contributed by atoms with Gasteiger partial charge in [-0.15, -0.1) is 35.3 Å². The summed E-state index contributed by atoms with van der Waals surface area (Å²) in [7, 11) is 0. The topological polar surface area (TPSA) is 57.5 Å². The highest BCUT2D eigenvalue weighted by molar-refractivity contribution is 14.0. The first-order chi connectivity index (χ1) is 13.3. The number of rotatable bonds is 8. The summed E-state index contributed by atoms with van der Waals surface area (Å²) in [6, 6.07) is 4.78. The minimum atomic E-state index is 0. The SMILES string of the molecule is CCNC(=NCC(c1cccs1)N1CCC(C)CC1)NCCn1ccnc1.I. The molecule has 0 bridgehead atoms. The molecule has 1 fully saturated rings. The largest absolute Gasteiger partial charge is 0.357 e. The molecule has 0 aromatic carbocycles. The molecule has 0 aliphatic carbocycles. The summed E-state index contributed by atoms with van der Waals surface area (Å²) in [4.78, 5) is 13.0. The summed E-state index contributed by atoms with van der Waals surface area (Å²) in [5, 5.41) is 8.99. The average Bonchev–Trinajstić information content (AvgIpc) is 3.37. The second-order valence-corrected chi connectivity index (χ2v) is 8.18. The van der Waals surface area contributed by atoms with Crippen LogP contribution in [0.4, 0.5) is 0 Å². The Kier molecular flexibility index (Phi) is 10.3. The van der Waals surface area contributed by atoms with Crippen molar-refractivity contribution >= 4 is 41.3 Å². The maximum Gasteiger partial charge on any atom is 0.191 e. The molecule has 1 atom stereocenters. The number of nitrogens with one attached hydrogen (secondary N) is 2. The van der Waals surface area contributed by atoms with Crippen LogP contribution in [-0.2, 0) is 6.54 Å². The van der Waals surface area contributed by atoms with Gasteiger partial charge in [0.05, 0.1) is 18.9 Å². The summed E-state index contributed by atoms with van der Waals surface area (Å²) in [6.45, 7) is 10.2. The Balaban J connectivity index is 0.00000280. The average molecular weight is 516 g/mol. The molecule has 1 aliphatic rings. The van der Waals surface area contributed by atoms with E-state index in [0.717, 1.165) is 38.1 Å². The number of aromatic nitrogens is 2. The third-order valence-corrected chi connectivity index (χ3v) is 6.09. The van der Waals surface area contributed by atoms with E-state index < -0.39 is 0 Å². The molecule has 2 N–H and O–H groups in total. The van der Waals surface area contributed by atoms with Crippen molar-refractivity contribution in [2.45, 2.75) is 39.3 Å². The minimum Gasteiger partial charge on any atom is -0.357 e. The van der Waals surface area contributed by atoms with Gasteiger partial charge in [-0.1, -0.05) is 13.0 Å². The van der Waals surface area contributed by atoms with Crippen molar-refractivity contribution in [3.05, 3.63) is 41.1 Å². The van der Waals surface area contributed by atoms with Crippen LogP contribution in [0.1, 0.15) is 37.6 Å². The van der Waals surface area contributed by atoms with Crippen LogP contribution in [0.25, 0.3) is 0 Å². The fourth-order valence-electron chi connectivity index (χ4n) is 3.45. The van der Waals surface area contributed by atoms with Gasteiger partial charge in [0.15, 0.2) is 5.96 Å². The smallest absolute Gasteiger partial charge is 0.191 e. The fourth-order valence-corrected chi connectivity index (χ4v) is 4.30. The number of thiophene rings is 1. The molecule has 3 heterocycles. The zero-order chi connectivity index (χ0) is 18.9. The minimum absolute atomic E-state index is 0. The van der Waals surface area contributed by atoms with Crippen molar-refractivity contribution in [1.82, 2.24) is 25.1 Å². The van der Waals surface area contributed by atoms with E-state index in [2.05, 4.69) is 56.4 Å². The van der Waals surface area contributed by atoms with Gasteiger partial charge < -0.3 is 15.2 Å². The second-order valence-electron chi connectivity index (χ2n) is 7.20. The summed E-state index contributed by atoms with van der Waals surface area (Å²) in [5.74, 6) is 1.74. The van der Waals surface area contributed by atoms with Crippen molar-refractivity contribution in [1.29, 1.82) is 0 Å². The summed E-state index contributed by atoms with van der Waals surface area (Å²) in [5.41, 5.74) is 0. The molecule has 0 saturated carbocycles. The molecule has 156 valence electrons. The second kappa shape index (κ2) is 12.4. The van der Waals surface area contributed by atoms with E-state index in [9.17, 15) is 0 Å². The summed E-state index contributed by atoms with van der Waals surface area (Å²) < 4.78 is 2.07. The van der Waals surface area contributed by atoms with E-state index in [-0.39, 0.29) is 24.0 Å². The summed E-state index contributed by atoms with van der Waals surface area (Å²) in [6.07, 6.45) is 8.21. The van der Waals surface area contributed by atoms with Crippen molar-refractivity contribution in [3.63, 3.8) is 0 Å². The van der Waals surface area contributed by atoms with E-state index in [1.807, 2.05) is 30.1 Å². The molecular formula is C20H33IN6S. The fraction of sp³-hybridized carbons (Fsp3) is 0.600. The highest BCUT2D eigenvalue weighted by Crippen LogP contribution is 2.29. The third-order valence-electron chi connectivity index (χ3n) is 5.12. The van der Waals surface area contributed by atoms with Crippen LogP contribution in [0.3, 0.4) is 0 Å². The molecular weight excluding hydrogens is 483 g/mol. The van der Waals surface area contributed by atoms with Gasteiger partial charge in [-0.2, -0.15) is 0 Å². The highest BCUT2D eigenvalue weighted by atomic mass is 127. The lowest BCUT2D eigenvalue weighted by molar-refractivity contribution is 0.143. The normalized spacial score (nSPS) is 17.1. The first kappa shape index (κ1) is 23.2. The summed E-state index contributed by atoms with van der Waals surface area (Å²) >= 11 is 1.84. The number of imidazole rings is 1. The van der Waals surface area contributed by atoms with Crippen LogP contribution < -0.4 is 10.6 Å². The Morgan fingerprint density at radius 3 is 2.82 bits per heavy atom. The number of nitrogens with zero attached hydrogens (tertiary/aromatic N) is 4. The van der Waals surface area contributed by atoms with E-state index in [1.54, 1.807) is 0 Å². The van der Waals surface area contributed by atoms with Gasteiger partial charge >= 0.3 is 0 Å². The lowest BCUT2D eigenvalue weighted by Gasteiger charge is -2.35. The number of hydrogen-bond acceptors (Lipinski definition) is 4. The number of piperidine rings is 1. The van der Waals surface area contributed by atoms with Crippen LogP contribution in [0, 0.1) is 5.92 Å². The van der Waals surface area contributed by atoms with Gasteiger partial charge in [0.2, 0.25) is 0 Å². The lowest BCUT2D eigenvalue weighted by Crippen LogP contribution is -2.41. The van der Waals surface area contributed by atoms with Gasteiger partial charge in [-0.25, -0.2) is 4.98 Å². The molecule has 0 radical (unpaired) electrons. The van der Waals surface area contributed by atoms with Crippen molar-refractivity contribution < 1.29 is 0 Å². The van der Waals surface area contributed by atoms with Gasteiger partial charge in [0.1, 0.15) is 0 Å². The van der Waals surface area contributed by atoms with Gasteiger partial charge in [-0.05, 0) is 50.2 Å². The molecule has 1 aliphatic heterocycles. The predicted octanol–water partition coefficient (Wildman–Crippen LogP) is 3.59. The molecule has 6 nitrogen and oxygen atoms in total. The number of likely N-dealkylation sites (tertiary alicyclic amines) is 1. The van der Waals surface area contributed by atoms with Gasteiger partial charge in [0, 0.05) is 36.9 Å². The third kappa shape index (κ3) is 7.04. The predicted molar refractivity (Wildman–Crippen MR) is 129 cm³/mol. The molecule has 28 heavy (non-hydrogen) atoms. The monoisotopic (exact) mass is 516 g/mol. The first-order valence-corrected chi connectivity index (χ1v) is 10.9. The molecule has 0 spiro atoms. The molecule has 2 aromatic rings. The van der Waals surface area contributed by atoms with Crippen molar-refractivity contribution in [2.75, 3.05) is 32.7 Å². The lowest BCUT2D eigenvalue weighted by atomic mass is 9.97. The van der Waals surface area contributed by atoms with Crippen LogP contribution in [0.15, 0.2) is 41.2 Å². The quantitative estimate of drug-likeness (QED) is 0.320. The van der Waals surface area contributed by atoms with Gasteiger partial charge in [0.25, 0.3) is 0 Å². The maximum atomic E-state index is 4.92. The Morgan fingerprint density at radius 2 is 2.18 bits per heavy atom. The van der Waals surface area contributed by atoms with Gasteiger partial charge in [-0.3, -0.25) is 9.89 Å². The van der Waals surface area contributed by atoms with E-state index in [4.69, 9.17) is 4.99 Å². The zero-order valence-corrected chi connectivity index (χ0v) is 20.0. The molecule has 2 aromatic heterocycles. The zero-order valence-electron chi connectivity index (χ0n) is 16.9. The number of aliphatic imine (C=N–C) groups is 1. The number of halogens is 1. The van der Waals surface area contributed by atoms with Crippen molar-refractivity contribution in [3.8, 4) is 0 Å². The Morgan fingerprint density at radius 1 is 1.36 bits per heavy atom. The Bertz CT molecular complexity index is 665. The molecule has 3 rings (SSSR count). The molecule has 1 saturated heterocycles.